The topological polar surface area (TPSA) is 74.0 Å². The Kier molecular flexibility index (Phi) is 5.89. The van der Waals surface area contributed by atoms with Crippen LogP contribution in [0, 0.1) is 5.82 Å². The Morgan fingerprint density at radius 1 is 1.09 bits per heavy atom. The number of imidazole rings is 1. The van der Waals surface area contributed by atoms with Crippen LogP contribution < -0.4 is 10.1 Å². The van der Waals surface area contributed by atoms with Crippen molar-refractivity contribution < 1.29 is 13.9 Å². The standard InChI is InChI=1S/C25H24FN5O2/c26-18-9-11-19(12-10-18)31-22-7-3-1-5-20(22)24(29-31)25(32)28-21-6-2-4-8-23(21)33-16-15-30-14-13-27-17-30/h2,4,6,8-14,17H,1,3,5,7,15-16H2,(H,28,32). The van der Waals surface area contributed by atoms with Gasteiger partial charge in [-0.05, 0) is 62.1 Å². The molecule has 0 bridgehead atoms. The van der Waals surface area contributed by atoms with Crippen molar-refractivity contribution in [2.75, 3.05) is 11.9 Å². The summed E-state index contributed by atoms with van der Waals surface area (Å²) in [6.45, 7) is 1.09. The van der Waals surface area contributed by atoms with Gasteiger partial charge in [0.25, 0.3) is 5.91 Å². The minimum absolute atomic E-state index is 0.278. The fraction of sp³-hybridized carbons (Fsp3) is 0.240. The van der Waals surface area contributed by atoms with Gasteiger partial charge in [-0.2, -0.15) is 5.10 Å². The Labute approximate surface area is 190 Å². The highest BCUT2D eigenvalue weighted by Gasteiger charge is 2.26. The molecule has 1 aliphatic carbocycles. The lowest BCUT2D eigenvalue weighted by molar-refractivity contribution is 0.102. The van der Waals surface area contributed by atoms with Gasteiger partial charge in [-0.15, -0.1) is 0 Å². The zero-order valence-corrected chi connectivity index (χ0v) is 18.1. The van der Waals surface area contributed by atoms with E-state index in [9.17, 15) is 9.18 Å². The van der Waals surface area contributed by atoms with Crippen molar-refractivity contribution in [3.05, 3.63) is 90.0 Å². The normalized spacial score (nSPS) is 12.9. The van der Waals surface area contributed by atoms with Crippen LogP contribution in [0.3, 0.4) is 0 Å². The lowest BCUT2D eigenvalue weighted by Crippen LogP contribution is -2.16. The average Bonchev–Trinajstić information content (AvgIpc) is 3.49. The first-order valence-corrected chi connectivity index (χ1v) is 11.0. The van der Waals surface area contributed by atoms with E-state index in [1.807, 2.05) is 35.0 Å². The number of benzene rings is 2. The predicted molar refractivity (Wildman–Crippen MR) is 122 cm³/mol. The van der Waals surface area contributed by atoms with E-state index >= 15 is 0 Å². The van der Waals surface area contributed by atoms with Crippen molar-refractivity contribution in [2.24, 2.45) is 0 Å². The van der Waals surface area contributed by atoms with Crippen LogP contribution in [0.5, 0.6) is 5.75 Å². The van der Waals surface area contributed by atoms with E-state index in [2.05, 4.69) is 15.4 Å². The molecule has 0 unspecified atom stereocenters. The molecule has 2 aromatic carbocycles. The van der Waals surface area contributed by atoms with Crippen LogP contribution in [0.1, 0.15) is 34.6 Å². The quantitative estimate of drug-likeness (QED) is 0.457. The van der Waals surface area contributed by atoms with Crippen molar-refractivity contribution in [3.63, 3.8) is 0 Å². The number of ether oxygens (including phenoxy) is 1. The third kappa shape index (κ3) is 4.50. The number of fused-ring (bicyclic) bond motifs is 1. The summed E-state index contributed by atoms with van der Waals surface area (Å²) in [5.41, 5.74) is 3.72. The third-order valence-electron chi connectivity index (χ3n) is 5.77. The number of carbonyl (C=O) groups is 1. The van der Waals surface area contributed by atoms with Crippen LogP contribution in [0.2, 0.25) is 0 Å². The lowest BCUT2D eigenvalue weighted by atomic mass is 9.95. The molecule has 2 aromatic heterocycles. The second kappa shape index (κ2) is 9.28. The molecule has 0 radical (unpaired) electrons. The van der Waals surface area contributed by atoms with Gasteiger partial charge in [0.05, 0.1) is 24.2 Å². The fourth-order valence-electron chi connectivity index (χ4n) is 4.13. The average molecular weight is 445 g/mol. The Hall–Kier alpha value is -3.94. The third-order valence-corrected chi connectivity index (χ3v) is 5.77. The smallest absolute Gasteiger partial charge is 0.276 e. The van der Waals surface area contributed by atoms with Crippen LogP contribution in [-0.2, 0) is 19.4 Å². The minimum Gasteiger partial charge on any atom is -0.490 e. The molecule has 8 heteroatoms. The number of amides is 1. The first-order valence-electron chi connectivity index (χ1n) is 11.0. The number of aromatic nitrogens is 4. The Morgan fingerprint density at radius 3 is 2.73 bits per heavy atom. The van der Waals surface area contributed by atoms with E-state index in [0.717, 1.165) is 42.6 Å². The number of rotatable bonds is 7. The van der Waals surface area contributed by atoms with Gasteiger partial charge >= 0.3 is 0 Å². The van der Waals surface area contributed by atoms with Crippen LogP contribution in [0.4, 0.5) is 10.1 Å². The van der Waals surface area contributed by atoms with Gasteiger partial charge in [0, 0.05) is 23.7 Å². The maximum Gasteiger partial charge on any atom is 0.276 e. The van der Waals surface area contributed by atoms with E-state index in [0.29, 0.717) is 30.3 Å². The number of carbonyl (C=O) groups excluding carboxylic acids is 1. The maximum atomic E-state index is 13.4. The second-order valence-electron chi connectivity index (χ2n) is 7.97. The SMILES string of the molecule is O=C(Nc1ccccc1OCCn1ccnc1)c1nn(-c2ccc(F)cc2)c2c1CCCC2. The molecular weight excluding hydrogens is 421 g/mol. The van der Waals surface area contributed by atoms with Crippen molar-refractivity contribution in [3.8, 4) is 11.4 Å². The summed E-state index contributed by atoms with van der Waals surface area (Å²) in [6, 6.07) is 13.5. The van der Waals surface area contributed by atoms with Crippen molar-refractivity contribution in [1.82, 2.24) is 19.3 Å². The summed E-state index contributed by atoms with van der Waals surface area (Å²) < 4.78 is 23.0. The number of halogens is 1. The van der Waals surface area contributed by atoms with Gasteiger partial charge in [0.15, 0.2) is 5.69 Å². The number of hydrogen-bond acceptors (Lipinski definition) is 4. The molecule has 4 aromatic rings. The molecule has 0 aliphatic heterocycles. The van der Waals surface area contributed by atoms with Crippen molar-refractivity contribution in [2.45, 2.75) is 32.2 Å². The molecule has 0 fully saturated rings. The van der Waals surface area contributed by atoms with E-state index in [1.165, 1.54) is 12.1 Å². The number of nitrogens with zero attached hydrogens (tertiary/aromatic N) is 4. The van der Waals surface area contributed by atoms with E-state index in [-0.39, 0.29) is 11.7 Å². The van der Waals surface area contributed by atoms with Crippen molar-refractivity contribution in [1.29, 1.82) is 0 Å². The molecule has 1 aliphatic rings. The molecule has 0 spiro atoms. The van der Waals surface area contributed by atoms with Gasteiger partial charge in [-0.3, -0.25) is 4.79 Å². The summed E-state index contributed by atoms with van der Waals surface area (Å²) in [7, 11) is 0. The molecule has 2 heterocycles. The first-order chi connectivity index (χ1) is 16.2. The predicted octanol–water partition coefficient (Wildman–Crippen LogP) is 4.42. The second-order valence-corrected chi connectivity index (χ2v) is 7.97. The maximum absolute atomic E-state index is 13.4. The first kappa shape index (κ1) is 20.9. The van der Waals surface area contributed by atoms with E-state index < -0.39 is 0 Å². The Morgan fingerprint density at radius 2 is 1.91 bits per heavy atom. The molecule has 7 nitrogen and oxygen atoms in total. The highest BCUT2D eigenvalue weighted by atomic mass is 19.1. The van der Waals surface area contributed by atoms with Gasteiger partial charge in [-0.1, -0.05) is 12.1 Å². The zero-order chi connectivity index (χ0) is 22.6. The molecular formula is C25H24FN5O2. The van der Waals surface area contributed by atoms with E-state index in [1.54, 1.807) is 29.3 Å². The molecule has 0 atom stereocenters. The molecule has 33 heavy (non-hydrogen) atoms. The summed E-state index contributed by atoms with van der Waals surface area (Å²) in [4.78, 5) is 17.3. The highest BCUT2D eigenvalue weighted by Crippen LogP contribution is 2.29. The van der Waals surface area contributed by atoms with Gasteiger partial charge in [0.1, 0.15) is 18.2 Å². The molecule has 168 valence electrons. The van der Waals surface area contributed by atoms with Gasteiger partial charge in [0.2, 0.25) is 0 Å². The Bertz CT molecular complexity index is 1250. The highest BCUT2D eigenvalue weighted by molar-refractivity contribution is 6.05. The van der Waals surface area contributed by atoms with Gasteiger partial charge < -0.3 is 14.6 Å². The van der Waals surface area contributed by atoms with Crippen LogP contribution in [0.15, 0.2) is 67.3 Å². The molecule has 5 rings (SSSR count). The fourth-order valence-corrected chi connectivity index (χ4v) is 4.13. The van der Waals surface area contributed by atoms with Crippen LogP contribution >= 0.6 is 0 Å². The van der Waals surface area contributed by atoms with Gasteiger partial charge in [-0.25, -0.2) is 14.1 Å². The van der Waals surface area contributed by atoms with Crippen LogP contribution in [0.25, 0.3) is 5.69 Å². The largest absolute Gasteiger partial charge is 0.490 e. The van der Waals surface area contributed by atoms with Crippen molar-refractivity contribution >= 4 is 11.6 Å². The van der Waals surface area contributed by atoms with Crippen LogP contribution in [-0.4, -0.2) is 31.8 Å². The molecule has 0 saturated carbocycles. The lowest BCUT2D eigenvalue weighted by Gasteiger charge is -2.15. The number of anilines is 1. The minimum atomic E-state index is -0.303. The number of hydrogen-bond donors (Lipinski definition) is 1. The van der Waals surface area contributed by atoms with E-state index in [4.69, 9.17) is 4.74 Å². The Balaban J connectivity index is 1.38. The molecule has 0 saturated heterocycles. The summed E-state index contributed by atoms with van der Waals surface area (Å²) in [6.07, 6.45) is 9.00. The summed E-state index contributed by atoms with van der Waals surface area (Å²) >= 11 is 0. The zero-order valence-electron chi connectivity index (χ0n) is 18.1. The number of para-hydroxylation sites is 2. The molecule has 1 amide bonds. The summed E-state index contributed by atoms with van der Waals surface area (Å²) in [5, 5.41) is 7.62. The molecule has 1 N–H and O–H groups in total. The summed E-state index contributed by atoms with van der Waals surface area (Å²) in [5.74, 6) is 0.0138. The number of nitrogens with one attached hydrogen (secondary N) is 1. The monoisotopic (exact) mass is 445 g/mol.